The highest BCUT2D eigenvalue weighted by atomic mass is 16.6. The number of non-ortho nitro benzene ring substituents is 1. The van der Waals surface area contributed by atoms with Crippen LogP contribution in [0, 0.1) is 10.1 Å². The number of para-hydroxylation sites is 1. The number of nitro benzene ring substituents is 1. The molecule has 2 N–H and O–H groups in total. The van der Waals surface area contributed by atoms with E-state index in [4.69, 9.17) is 4.74 Å². The number of nitro groups is 1. The van der Waals surface area contributed by atoms with E-state index in [0.717, 1.165) is 10.9 Å². The minimum absolute atomic E-state index is 0.111. The van der Waals surface area contributed by atoms with Gasteiger partial charge < -0.3 is 14.8 Å². The number of fused-ring (bicyclic) bond motifs is 1. The molecular formula is C27H21N3O6. The van der Waals surface area contributed by atoms with Gasteiger partial charge in [-0.3, -0.25) is 24.6 Å². The fourth-order valence-electron chi connectivity index (χ4n) is 4.50. The Labute approximate surface area is 205 Å². The van der Waals surface area contributed by atoms with Crippen LogP contribution >= 0.6 is 0 Å². The number of H-pyrrole nitrogens is 1. The molecular weight excluding hydrogens is 462 g/mol. The summed E-state index contributed by atoms with van der Waals surface area (Å²) in [5, 5.41) is 23.1. The Kier molecular flexibility index (Phi) is 5.73. The van der Waals surface area contributed by atoms with Crippen molar-refractivity contribution in [2.75, 3.05) is 11.5 Å². The van der Waals surface area contributed by atoms with Gasteiger partial charge in [-0.1, -0.05) is 24.3 Å². The predicted octanol–water partition coefficient (Wildman–Crippen LogP) is 5.10. The summed E-state index contributed by atoms with van der Waals surface area (Å²) in [6, 6.07) is 18.5. The third kappa shape index (κ3) is 3.76. The molecule has 9 heteroatoms. The number of benzene rings is 3. The third-order valence-corrected chi connectivity index (χ3v) is 6.12. The number of carbonyl (C=O) groups excluding carboxylic acids is 2. The lowest BCUT2D eigenvalue weighted by Gasteiger charge is -2.25. The molecule has 9 nitrogen and oxygen atoms in total. The summed E-state index contributed by atoms with van der Waals surface area (Å²) in [5.74, 6) is -1.54. The number of carbonyl (C=O) groups is 2. The van der Waals surface area contributed by atoms with E-state index in [2.05, 4.69) is 4.98 Å². The van der Waals surface area contributed by atoms with E-state index >= 15 is 0 Å². The van der Waals surface area contributed by atoms with Gasteiger partial charge in [0.05, 0.1) is 23.1 Å². The summed E-state index contributed by atoms with van der Waals surface area (Å²) in [7, 11) is 0. The van der Waals surface area contributed by atoms with Crippen molar-refractivity contribution in [1.29, 1.82) is 0 Å². The molecule has 5 rings (SSSR count). The van der Waals surface area contributed by atoms with Crippen LogP contribution in [0.4, 0.5) is 11.4 Å². The van der Waals surface area contributed by atoms with E-state index in [0.29, 0.717) is 23.6 Å². The maximum Gasteiger partial charge on any atom is 0.300 e. The number of aliphatic hydroxyl groups is 1. The minimum Gasteiger partial charge on any atom is -0.507 e. The van der Waals surface area contributed by atoms with Gasteiger partial charge in [-0.05, 0) is 37.3 Å². The van der Waals surface area contributed by atoms with Crippen LogP contribution in [-0.4, -0.2) is 33.3 Å². The summed E-state index contributed by atoms with van der Waals surface area (Å²) in [5.41, 5.74) is 1.77. The Bertz CT molecular complexity index is 1540. The molecule has 4 aromatic rings. The van der Waals surface area contributed by atoms with Crippen molar-refractivity contribution in [3.05, 3.63) is 106 Å². The molecule has 0 saturated carbocycles. The zero-order chi connectivity index (χ0) is 25.4. The van der Waals surface area contributed by atoms with Crippen LogP contribution in [0.25, 0.3) is 16.7 Å². The molecule has 0 bridgehead atoms. The number of nitrogens with one attached hydrogen (secondary N) is 1. The fourth-order valence-corrected chi connectivity index (χ4v) is 4.50. The monoisotopic (exact) mass is 483 g/mol. The lowest BCUT2D eigenvalue weighted by Crippen LogP contribution is -2.29. The van der Waals surface area contributed by atoms with Crippen LogP contribution < -0.4 is 9.64 Å². The molecule has 1 fully saturated rings. The van der Waals surface area contributed by atoms with Gasteiger partial charge in [0.15, 0.2) is 0 Å². The first-order valence-electron chi connectivity index (χ1n) is 11.3. The predicted molar refractivity (Wildman–Crippen MR) is 134 cm³/mol. The zero-order valence-electron chi connectivity index (χ0n) is 19.2. The SMILES string of the molecule is CCOc1cccc(N2C(=O)C(=O)/C(=C(/O)c3ccc([N+](=O)[O-])cc3)C2c2c[nH]c3ccccc23)c1. The van der Waals surface area contributed by atoms with Gasteiger partial charge in [0.25, 0.3) is 17.4 Å². The Morgan fingerprint density at radius 1 is 1.08 bits per heavy atom. The van der Waals surface area contributed by atoms with Crippen molar-refractivity contribution < 1.29 is 24.4 Å². The molecule has 3 aromatic carbocycles. The lowest BCUT2D eigenvalue weighted by atomic mass is 9.94. The van der Waals surface area contributed by atoms with Crippen molar-refractivity contribution in [3.8, 4) is 5.75 Å². The van der Waals surface area contributed by atoms with Crippen LogP contribution in [0.1, 0.15) is 24.1 Å². The molecule has 1 amide bonds. The van der Waals surface area contributed by atoms with E-state index in [9.17, 15) is 24.8 Å². The number of aromatic amines is 1. The molecule has 0 spiro atoms. The Hall–Kier alpha value is -4.92. The standard InChI is InChI=1S/C27H21N3O6/c1-2-36-19-7-5-6-18(14-19)29-24(21-15-28-22-9-4-3-8-20(21)22)23(26(32)27(29)33)25(31)16-10-12-17(13-11-16)30(34)35/h3-15,24,28,31H,2H2,1H3/b25-23+. The minimum atomic E-state index is -0.951. The lowest BCUT2D eigenvalue weighted by molar-refractivity contribution is -0.384. The van der Waals surface area contributed by atoms with Gasteiger partial charge in [-0.15, -0.1) is 0 Å². The van der Waals surface area contributed by atoms with Gasteiger partial charge in [0.1, 0.15) is 11.5 Å². The van der Waals surface area contributed by atoms with Crippen molar-refractivity contribution in [3.63, 3.8) is 0 Å². The molecule has 2 heterocycles. The summed E-state index contributed by atoms with van der Waals surface area (Å²) in [6.45, 7) is 2.27. The summed E-state index contributed by atoms with van der Waals surface area (Å²) < 4.78 is 5.59. The molecule has 1 atom stereocenters. The maximum absolute atomic E-state index is 13.4. The van der Waals surface area contributed by atoms with E-state index in [1.807, 2.05) is 31.2 Å². The van der Waals surface area contributed by atoms with Crippen LogP contribution in [0.2, 0.25) is 0 Å². The van der Waals surface area contributed by atoms with E-state index in [-0.39, 0.29) is 16.8 Å². The largest absolute Gasteiger partial charge is 0.507 e. The number of amides is 1. The first-order valence-corrected chi connectivity index (χ1v) is 11.3. The fraction of sp³-hybridized carbons (Fsp3) is 0.111. The molecule has 1 aromatic heterocycles. The van der Waals surface area contributed by atoms with Crippen molar-refractivity contribution in [2.24, 2.45) is 0 Å². The van der Waals surface area contributed by atoms with Crippen LogP contribution in [-0.2, 0) is 9.59 Å². The summed E-state index contributed by atoms with van der Waals surface area (Å²) >= 11 is 0. The molecule has 0 aliphatic carbocycles. The second-order valence-electron chi connectivity index (χ2n) is 8.19. The number of anilines is 1. The topological polar surface area (TPSA) is 126 Å². The number of ketones is 1. The van der Waals surface area contributed by atoms with Gasteiger partial charge in [-0.2, -0.15) is 0 Å². The maximum atomic E-state index is 13.4. The first-order chi connectivity index (χ1) is 17.4. The average molecular weight is 483 g/mol. The van der Waals surface area contributed by atoms with Gasteiger partial charge in [0.2, 0.25) is 0 Å². The molecule has 0 radical (unpaired) electrons. The average Bonchev–Trinajstić information content (AvgIpc) is 3.42. The Morgan fingerprint density at radius 2 is 1.83 bits per heavy atom. The van der Waals surface area contributed by atoms with Crippen molar-refractivity contribution >= 4 is 39.7 Å². The number of rotatable bonds is 6. The number of nitrogens with zero attached hydrogens (tertiary/aromatic N) is 2. The number of aromatic nitrogens is 1. The van der Waals surface area contributed by atoms with Crippen LogP contribution in [0.3, 0.4) is 0 Å². The summed E-state index contributed by atoms with van der Waals surface area (Å²) in [4.78, 5) is 41.8. The summed E-state index contributed by atoms with van der Waals surface area (Å²) in [6.07, 6.45) is 1.71. The number of aliphatic hydroxyl groups excluding tert-OH is 1. The molecule has 1 unspecified atom stereocenters. The van der Waals surface area contributed by atoms with E-state index in [1.54, 1.807) is 30.5 Å². The first kappa shape index (κ1) is 22.9. The van der Waals surface area contributed by atoms with Crippen molar-refractivity contribution in [1.82, 2.24) is 4.98 Å². The molecule has 1 saturated heterocycles. The smallest absolute Gasteiger partial charge is 0.300 e. The number of ether oxygens (including phenoxy) is 1. The highest BCUT2D eigenvalue weighted by molar-refractivity contribution is 6.51. The highest BCUT2D eigenvalue weighted by Crippen LogP contribution is 2.44. The van der Waals surface area contributed by atoms with Gasteiger partial charge in [0, 0.05) is 52.1 Å². The van der Waals surface area contributed by atoms with E-state index < -0.39 is 28.4 Å². The van der Waals surface area contributed by atoms with Crippen LogP contribution in [0.15, 0.2) is 84.6 Å². The number of hydrogen-bond donors (Lipinski definition) is 2. The number of hydrogen-bond acceptors (Lipinski definition) is 6. The third-order valence-electron chi connectivity index (χ3n) is 6.12. The van der Waals surface area contributed by atoms with Gasteiger partial charge in [-0.25, -0.2) is 0 Å². The molecule has 1 aliphatic heterocycles. The number of Topliss-reactive ketones (excluding diaryl/α,β-unsaturated/α-hetero) is 1. The quantitative estimate of drug-likeness (QED) is 0.129. The second kappa shape index (κ2) is 9.03. The van der Waals surface area contributed by atoms with E-state index in [1.165, 1.54) is 29.2 Å². The van der Waals surface area contributed by atoms with Gasteiger partial charge >= 0.3 is 0 Å². The Balaban J connectivity index is 1.73. The second-order valence-corrected chi connectivity index (χ2v) is 8.19. The normalized spacial score (nSPS) is 17.0. The molecule has 36 heavy (non-hydrogen) atoms. The van der Waals surface area contributed by atoms with Crippen molar-refractivity contribution in [2.45, 2.75) is 13.0 Å². The molecule has 180 valence electrons. The zero-order valence-corrected chi connectivity index (χ0v) is 19.2. The molecule has 1 aliphatic rings. The highest BCUT2D eigenvalue weighted by Gasteiger charge is 2.47. The Morgan fingerprint density at radius 3 is 2.56 bits per heavy atom. The van der Waals surface area contributed by atoms with Crippen LogP contribution in [0.5, 0.6) is 5.75 Å².